The van der Waals surface area contributed by atoms with E-state index in [2.05, 4.69) is 20.3 Å². The Morgan fingerprint density at radius 2 is 2.00 bits per heavy atom. The van der Waals surface area contributed by atoms with Gasteiger partial charge in [0.05, 0.1) is 6.26 Å². The van der Waals surface area contributed by atoms with Gasteiger partial charge < -0.3 is 20.2 Å². The van der Waals surface area contributed by atoms with Crippen LogP contribution in [0.4, 0.5) is 17.6 Å². The van der Waals surface area contributed by atoms with Crippen molar-refractivity contribution in [1.82, 2.24) is 15.0 Å². The number of carbonyl (C=O) groups excluding carboxylic acids is 1. The number of furan rings is 1. The Bertz CT molecular complexity index is 848. The summed E-state index contributed by atoms with van der Waals surface area (Å²) >= 11 is 0. The van der Waals surface area contributed by atoms with Crippen LogP contribution in [0.1, 0.15) is 21.9 Å². The van der Waals surface area contributed by atoms with Gasteiger partial charge in [0, 0.05) is 5.69 Å². The Balaban J connectivity index is 1.70. The molecule has 3 aromatic rings. The number of benzene rings is 1. The molecule has 0 spiro atoms. The van der Waals surface area contributed by atoms with E-state index in [0.29, 0.717) is 11.3 Å². The van der Waals surface area contributed by atoms with E-state index in [1.54, 1.807) is 13.0 Å². The number of hydrogen-bond donors (Lipinski definition) is 2. The first-order valence-electron chi connectivity index (χ1n) is 7.15. The summed E-state index contributed by atoms with van der Waals surface area (Å²) in [5.41, 5.74) is 6.85. The second-order valence-corrected chi connectivity index (χ2v) is 4.89. The number of aryl methyl sites for hydroxylation is 1. The second kappa shape index (κ2) is 6.78. The lowest BCUT2D eigenvalue weighted by atomic mass is 10.3. The monoisotopic (exact) mass is 325 g/mol. The maximum absolute atomic E-state index is 12.0. The maximum atomic E-state index is 12.0. The highest BCUT2D eigenvalue weighted by molar-refractivity contribution is 5.90. The number of aromatic nitrogens is 3. The van der Waals surface area contributed by atoms with Gasteiger partial charge in [0.1, 0.15) is 11.3 Å². The number of para-hydroxylation sites is 1. The Morgan fingerprint density at radius 3 is 2.71 bits per heavy atom. The van der Waals surface area contributed by atoms with Gasteiger partial charge in [-0.1, -0.05) is 18.2 Å². The third-order valence-electron chi connectivity index (χ3n) is 3.14. The molecule has 0 aliphatic rings. The molecule has 0 bridgehead atoms. The van der Waals surface area contributed by atoms with Crippen molar-refractivity contribution in [3.05, 3.63) is 59.8 Å². The smallest absolute Gasteiger partial charge is 0.342 e. The number of rotatable bonds is 5. The highest BCUT2D eigenvalue weighted by Gasteiger charge is 2.14. The van der Waals surface area contributed by atoms with E-state index in [1.165, 1.54) is 6.26 Å². The van der Waals surface area contributed by atoms with Gasteiger partial charge in [-0.3, -0.25) is 0 Å². The van der Waals surface area contributed by atoms with E-state index >= 15 is 0 Å². The van der Waals surface area contributed by atoms with Gasteiger partial charge in [0.15, 0.2) is 12.4 Å². The fourth-order valence-electron chi connectivity index (χ4n) is 2.01. The molecule has 0 saturated heterocycles. The molecule has 2 heterocycles. The number of esters is 1. The molecule has 122 valence electrons. The summed E-state index contributed by atoms with van der Waals surface area (Å²) in [5.74, 6) is 0.531. The number of nitrogens with two attached hydrogens (primary N) is 1. The molecule has 2 aromatic heterocycles. The summed E-state index contributed by atoms with van der Waals surface area (Å²) < 4.78 is 10.2. The number of nitrogen functional groups attached to an aromatic ring is 1. The predicted octanol–water partition coefficient (Wildman–Crippen LogP) is 2.46. The van der Waals surface area contributed by atoms with Gasteiger partial charge >= 0.3 is 5.97 Å². The Kier molecular flexibility index (Phi) is 4.37. The topological polar surface area (TPSA) is 116 Å². The van der Waals surface area contributed by atoms with Crippen molar-refractivity contribution in [2.45, 2.75) is 13.5 Å². The summed E-state index contributed by atoms with van der Waals surface area (Å²) in [6, 6.07) is 10.9. The van der Waals surface area contributed by atoms with Gasteiger partial charge in [0.2, 0.25) is 11.9 Å². The minimum atomic E-state index is -0.516. The molecule has 3 N–H and O–H groups in total. The molecule has 0 radical (unpaired) electrons. The fraction of sp³-hybridized carbons (Fsp3) is 0.125. The summed E-state index contributed by atoms with van der Waals surface area (Å²) in [6.07, 6.45) is 1.43. The molecule has 24 heavy (non-hydrogen) atoms. The van der Waals surface area contributed by atoms with Crippen molar-refractivity contribution >= 4 is 23.6 Å². The van der Waals surface area contributed by atoms with Crippen LogP contribution in [0.5, 0.6) is 0 Å². The zero-order chi connectivity index (χ0) is 16.9. The van der Waals surface area contributed by atoms with Crippen molar-refractivity contribution in [3.8, 4) is 0 Å². The Labute approximate surface area is 137 Å². The van der Waals surface area contributed by atoms with Crippen molar-refractivity contribution < 1.29 is 13.9 Å². The van der Waals surface area contributed by atoms with Gasteiger partial charge in [-0.05, 0) is 25.1 Å². The van der Waals surface area contributed by atoms with Crippen molar-refractivity contribution in [1.29, 1.82) is 0 Å². The maximum Gasteiger partial charge on any atom is 0.342 e. The first kappa shape index (κ1) is 15.5. The molecule has 0 saturated carbocycles. The lowest BCUT2D eigenvalue weighted by Crippen LogP contribution is -2.11. The SMILES string of the molecule is Cc1occc1C(=O)OCc1nc(N)nc(Nc2ccccc2)n1. The van der Waals surface area contributed by atoms with Gasteiger partial charge in [-0.25, -0.2) is 4.79 Å². The lowest BCUT2D eigenvalue weighted by molar-refractivity contribution is 0.0460. The Morgan fingerprint density at radius 1 is 1.21 bits per heavy atom. The summed E-state index contributed by atoms with van der Waals surface area (Å²) in [4.78, 5) is 24.1. The van der Waals surface area contributed by atoms with E-state index in [0.717, 1.165) is 5.69 Å². The van der Waals surface area contributed by atoms with E-state index in [1.807, 2.05) is 30.3 Å². The van der Waals surface area contributed by atoms with Crippen molar-refractivity contribution in [3.63, 3.8) is 0 Å². The zero-order valence-corrected chi connectivity index (χ0v) is 12.9. The predicted molar refractivity (Wildman–Crippen MR) is 86.5 cm³/mol. The molecule has 8 heteroatoms. The molecular weight excluding hydrogens is 310 g/mol. The number of nitrogens with zero attached hydrogens (tertiary/aromatic N) is 3. The number of anilines is 3. The third kappa shape index (κ3) is 3.67. The molecule has 0 aliphatic carbocycles. The van der Waals surface area contributed by atoms with Crippen molar-refractivity contribution in [2.75, 3.05) is 11.1 Å². The van der Waals surface area contributed by atoms with E-state index in [-0.39, 0.29) is 24.3 Å². The van der Waals surface area contributed by atoms with Crippen LogP contribution in [-0.4, -0.2) is 20.9 Å². The number of hydrogen-bond acceptors (Lipinski definition) is 8. The van der Waals surface area contributed by atoms with Crippen molar-refractivity contribution in [2.24, 2.45) is 0 Å². The highest BCUT2D eigenvalue weighted by atomic mass is 16.5. The first-order chi connectivity index (χ1) is 11.6. The van der Waals surface area contributed by atoms with Crippen LogP contribution >= 0.6 is 0 Å². The number of nitrogens with one attached hydrogen (secondary N) is 1. The van der Waals surface area contributed by atoms with E-state index in [4.69, 9.17) is 14.9 Å². The average Bonchev–Trinajstić information content (AvgIpc) is 2.99. The second-order valence-electron chi connectivity index (χ2n) is 4.89. The molecule has 3 rings (SSSR count). The Hall–Kier alpha value is -3.42. The van der Waals surface area contributed by atoms with Gasteiger partial charge in [-0.2, -0.15) is 15.0 Å². The zero-order valence-electron chi connectivity index (χ0n) is 12.9. The number of carbonyl (C=O) groups is 1. The molecule has 0 atom stereocenters. The van der Waals surface area contributed by atoms with Gasteiger partial charge in [0.25, 0.3) is 0 Å². The molecule has 0 unspecified atom stereocenters. The summed E-state index contributed by atoms with van der Waals surface area (Å²) in [7, 11) is 0. The lowest BCUT2D eigenvalue weighted by Gasteiger charge is -2.07. The van der Waals surface area contributed by atoms with E-state index in [9.17, 15) is 4.79 Å². The quantitative estimate of drug-likeness (QED) is 0.687. The van der Waals surface area contributed by atoms with Crippen LogP contribution in [-0.2, 0) is 11.3 Å². The summed E-state index contributed by atoms with van der Waals surface area (Å²) in [6.45, 7) is 1.55. The molecular formula is C16H15N5O3. The molecule has 0 fully saturated rings. The van der Waals surface area contributed by atoms with Crippen LogP contribution in [0.15, 0.2) is 47.1 Å². The van der Waals surface area contributed by atoms with Gasteiger partial charge in [-0.15, -0.1) is 0 Å². The fourth-order valence-corrected chi connectivity index (χ4v) is 2.01. The standard InChI is InChI=1S/C16H15N5O3/c1-10-12(7-8-23-10)14(22)24-9-13-19-15(17)21-16(20-13)18-11-5-3-2-4-6-11/h2-8H,9H2,1H3,(H3,17,18,19,20,21). The van der Waals surface area contributed by atoms with Crippen LogP contribution in [0.25, 0.3) is 0 Å². The largest absolute Gasteiger partial charge is 0.469 e. The minimum Gasteiger partial charge on any atom is -0.469 e. The normalized spacial score (nSPS) is 10.4. The molecule has 1 aromatic carbocycles. The molecule has 0 aliphatic heterocycles. The third-order valence-corrected chi connectivity index (χ3v) is 3.14. The van der Waals surface area contributed by atoms with Crippen LogP contribution in [0.2, 0.25) is 0 Å². The first-order valence-corrected chi connectivity index (χ1v) is 7.15. The highest BCUT2D eigenvalue weighted by Crippen LogP contribution is 2.14. The minimum absolute atomic E-state index is 0.0361. The van der Waals surface area contributed by atoms with Crippen LogP contribution in [0, 0.1) is 6.92 Å². The average molecular weight is 325 g/mol. The molecule has 8 nitrogen and oxygen atoms in total. The van der Waals surface area contributed by atoms with E-state index < -0.39 is 5.97 Å². The van der Waals surface area contributed by atoms with Crippen LogP contribution < -0.4 is 11.1 Å². The summed E-state index contributed by atoms with van der Waals surface area (Å²) in [5, 5.41) is 3.01. The van der Waals surface area contributed by atoms with Crippen LogP contribution in [0.3, 0.4) is 0 Å². The number of ether oxygens (including phenoxy) is 1. The molecule has 0 amide bonds.